The number of pyridine rings is 1. The molecule has 2 saturated heterocycles. The maximum absolute atomic E-state index is 13.7. The van der Waals surface area contributed by atoms with Crippen LogP contribution in [0.2, 0.25) is 0 Å². The van der Waals surface area contributed by atoms with Gasteiger partial charge in [-0.2, -0.15) is 0 Å². The molecule has 0 radical (unpaired) electrons. The average molecular weight is 775 g/mol. The number of β-lactam (4-membered cyclic amide) rings is 1. The van der Waals surface area contributed by atoms with Crippen LogP contribution in [0, 0.1) is 11.8 Å². The molecule has 55 heavy (non-hydrogen) atoms. The molecule has 0 saturated carbocycles. The molecule has 0 spiro atoms. The number of thioether (sulfide) groups is 1. The molecule has 1 aromatic heterocycles. The highest BCUT2D eigenvalue weighted by molar-refractivity contribution is 8.03. The first-order valence-corrected chi connectivity index (χ1v) is 18.5. The fourth-order valence-electron chi connectivity index (χ4n) is 7.00. The predicted molar refractivity (Wildman–Crippen MR) is 198 cm³/mol. The second-order valence-electron chi connectivity index (χ2n) is 13.4. The van der Waals surface area contributed by atoms with Gasteiger partial charge in [0.05, 0.1) is 43.9 Å². The summed E-state index contributed by atoms with van der Waals surface area (Å²) in [6.45, 7) is 3.46. The van der Waals surface area contributed by atoms with Crippen molar-refractivity contribution in [3.63, 3.8) is 0 Å². The van der Waals surface area contributed by atoms with Gasteiger partial charge in [-0.15, -0.1) is 11.8 Å². The lowest BCUT2D eigenvalue weighted by atomic mass is 9.79. The number of methoxy groups -OCH3 is 2. The summed E-state index contributed by atoms with van der Waals surface area (Å²) < 4.78 is 26.4. The van der Waals surface area contributed by atoms with Crippen LogP contribution in [0.15, 0.2) is 83.7 Å². The van der Waals surface area contributed by atoms with E-state index in [2.05, 4.69) is 10.3 Å². The Morgan fingerprint density at radius 3 is 2.18 bits per heavy atom. The molecule has 3 aliphatic rings. The first kappa shape index (κ1) is 39.1. The van der Waals surface area contributed by atoms with E-state index in [1.165, 1.54) is 41.8 Å². The minimum absolute atomic E-state index is 0.00186. The number of likely N-dealkylation sites (tertiary alicyclic amines) is 1. The van der Waals surface area contributed by atoms with Crippen molar-refractivity contribution in [2.24, 2.45) is 11.8 Å². The Bertz CT molecular complexity index is 1920. The number of nitrogens with one attached hydrogen (secondary N) is 1. The molecule has 2 N–H and O–H groups in total. The Labute approximate surface area is 321 Å². The summed E-state index contributed by atoms with van der Waals surface area (Å²) in [5.74, 6) is -1.79. The predicted octanol–water partition coefficient (Wildman–Crippen LogP) is 4.29. The van der Waals surface area contributed by atoms with Gasteiger partial charge < -0.3 is 43.9 Å². The van der Waals surface area contributed by atoms with Crippen molar-refractivity contribution in [2.75, 3.05) is 27.3 Å². The third kappa shape index (κ3) is 8.70. The Morgan fingerprint density at radius 1 is 0.964 bits per heavy atom. The lowest BCUT2D eigenvalue weighted by Crippen LogP contribution is -2.63. The van der Waals surface area contributed by atoms with E-state index in [0.29, 0.717) is 34.0 Å². The second kappa shape index (κ2) is 17.2. The number of benzene rings is 2. The minimum Gasteiger partial charge on any atom is -0.497 e. The molecule has 0 unspecified atom stereocenters. The minimum atomic E-state index is -1.25. The van der Waals surface area contributed by atoms with Crippen LogP contribution >= 0.6 is 11.8 Å². The third-order valence-corrected chi connectivity index (χ3v) is 11.3. The van der Waals surface area contributed by atoms with Gasteiger partial charge in [0.15, 0.2) is 0 Å². The zero-order chi connectivity index (χ0) is 39.2. The fraction of sp³-hybridized carbons (Fsp3) is 0.385. The van der Waals surface area contributed by atoms with E-state index in [1.807, 2.05) is 6.92 Å². The van der Waals surface area contributed by atoms with Crippen LogP contribution in [0.1, 0.15) is 41.8 Å². The number of amides is 3. The van der Waals surface area contributed by atoms with Gasteiger partial charge in [-0.1, -0.05) is 31.2 Å². The van der Waals surface area contributed by atoms with Crippen LogP contribution in [0.25, 0.3) is 0 Å². The van der Waals surface area contributed by atoms with Gasteiger partial charge in [-0.25, -0.2) is 14.4 Å². The number of aliphatic hydroxyl groups is 1. The molecular formula is C39H42N4O11S. The summed E-state index contributed by atoms with van der Waals surface area (Å²) in [4.78, 5) is 73.6. The van der Waals surface area contributed by atoms with Crippen molar-refractivity contribution in [3.05, 3.63) is 100 Å². The first-order valence-electron chi connectivity index (χ1n) is 17.7. The van der Waals surface area contributed by atoms with Gasteiger partial charge in [0.25, 0.3) is 5.91 Å². The number of hydrogen-bond donors (Lipinski definition) is 2. The number of carbonyl (C=O) groups excluding carboxylic acids is 5. The molecule has 0 bridgehead atoms. The second-order valence-corrected chi connectivity index (χ2v) is 14.7. The zero-order valence-corrected chi connectivity index (χ0v) is 31.5. The van der Waals surface area contributed by atoms with Gasteiger partial charge in [-0.05, 0) is 60.9 Å². The SMILES string of the molecule is COc1ccc(COC(=O)OC(=O)C2=C(S[C@H]3C[C@@H](CNC(=O)c4cccnc4)N(C(=O)OCc4ccc(OC)cc4)C3)[C@H](C)[C@@H]3[C@@H]([C@@H](C)O)C(=O)N23)cc1. The Kier molecular flexibility index (Phi) is 12.3. The van der Waals surface area contributed by atoms with Gasteiger partial charge in [0.2, 0.25) is 5.91 Å². The Hall–Kier alpha value is -5.61. The van der Waals surface area contributed by atoms with Gasteiger partial charge in [0.1, 0.15) is 30.4 Å². The Morgan fingerprint density at radius 2 is 1.60 bits per heavy atom. The molecule has 6 rings (SSSR count). The van der Waals surface area contributed by atoms with E-state index in [4.69, 9.17) is 23.7 Å². The summed E-state index contributed by atoms with van der Waals surface area (Å²) in [7, 11) is 3.09. The largest absolute Gasteiger partial charge is 0.516 e. The summed E-state index contributed by atoms with van der Waals surface area (Å²) in [6.07, 6.45) is 0.562. The number of rotatable bonds is 13. The number of aromatic nitrogens is 1. The normalized spacial score (nSPS) is 22.0. The van der Waals surface area contributed by atoms with E-state index in [9.17, 15) is 29.1 Å². The van der Waals surface area contributed by atoms with Gasteiger partial charge in [-0.3, -0.25) is 14.6 Å². The van der Waals surface area contributed by atoms with Crippen LogP contribution in [0.5, 0.6) is 11.5 Å². The van der Waals surface area contributed by atoms with Crippen LogP contribution in [-0.4, -0.2) is 101 Å². The van der Waals surface area contributed by atoms with Crippen LogP contribution in [0.4, 0.5) is 9.59 Å². The molecule has 6 atom stereocenters. The smallest absolute Gasteiger partial charge is 0.497 e. The zero-order valence-electron chi connectivity index (χ0n) is 30.7. The maximum Gasteiger partial charge on any atom is 0.516 e. The molecule has 290 valence electrons. The first-order chi connectivity index (χ1) is 26.5. The van der Waals surface area contributed by atoms with E-state index >= 15 is 0 Å². The summed E-state index contributed by atoms with van der Waals surface area (Å²) in [5, 5.41) is 13.0. The number of esters is 1. The lowest BCUT2D eigenvalue weighted by Gasteiger charge is -2.46. The van der Waals surface area contributed by atoms with Gasteiger partial charge >= 0.3 is 18.2 Å². The maximum atomic E-state index is 13.7. The quantitative estimate of drug-likeness (QED) is 0.143. The number of hydrogen-bond acceptors (Lipinski definition) is 13. The molecule has 4 heterocycles. The van der Waals surface area contributed by atoms with E-state index in [1.54, 1.807) is 74.0 Å². The number of aliphatic hydroxyl groups excluding tert-OH is 1. The summed E-state index contributed by atoms with van der Waals surface area (Å²) >= 11 is 1.29. The molecule has 15 nitrogen and oxygen atoms in total. The molecule has 0 aliphatic carbocycles. The molecule has 16 heteroatoms. The van der Waals surface area contributed by atoms with Crippen molar-refractivity contribution >= 4 is 41.8 Å². The van der Waals surface area contributed by atoms with E-state index < -0.39 is 54.1 Å². The van der Waals surface area contributed by atoms with Crippen molar-refractivity contribution in [2.45, 2.75) is 56.9 Å². The number of fused-ring (bicyclic) bond motifs is 1. The van der Waals surface area contributed by atoms with E-state index in [-0.39, 0.29) is 43.2 Å². The van der Waals surface area contributed by atoms with Crippen LogP contribution in [0.3, 0.4) is 0 Å². The van der Waals surface area contributed by atoms with Gasteiger partial charge in [0, 0.05) is 41.6 Å². The summed E-state index contributed by atoms with van der Waals surface area (Å²) in [6, 6.07) is 16.1. The molecule has 3 aromatic rings. The topological polar surface area (TPSA) is 183 Å². The van der Waals surface area contributed by atoms with Crippen molar-refractivity contribution in [1.29, 1.82) is 0 Å². The average Bonchev–Trinajstić information content (AvgIpc) is 3.71. The Balaban J connectivity index is 1.19. The monoisotopic (exact) mass is 774 g/mol. The fourth-order valence-corrected chi connectivity index (χ4v) is 8.56. The molecule has 2 fully saturated rings. The highest BCUT2D eigenvalue weighted by atomic mass is 32.2. The lowest BCUT2D eigenvalue weighted by molar-refractivity contribution is -0.163. The number of carbonyl (C=O) groups is 5. The number of nitrogens with zero attached hydrogens (tertiary/aromatic N) is 3. The van der Waals surface area contributed by atoms with Crippen molar-refractivity contribution in [1.82, 2.24) is 20.1 Å². The molecule has 2 aromatic carbocycles. The standard InChI is InChI=1S/C39H42N4O11S/c1-22-32-31(23(2)44)36(46)43(32)33(37(47)54-39(49)53-21-25-9-13-29(51-4)14-10-25)34(22)55-30-16-27(18-41-35(45)26-6-5-15-40-17-26)42(19-30)38(48)52-20-24-7-11-28(50-3)12-8-24/h5-15,17,22-23,27,30-32,44H,16,18-21H2,1-4H3,(H,41,45)/t22-,23-,27+,30+,31-,32-/m1/s1. The van der Waals surface area contributed by atoms with Crippen LogP contribution in [-0.2, 0) is 37.0 Å². The molecular weight excluding hydrogens is 733 g/mol. The van der Waals surface area contributed by atoms with Crippen LogP contribution < -0.4 is 14.8 Å². The van der Waals surface area contributed by atoms with E-state index in [0.717, 1.165) is 5.56 Å². The molecule has 3 aliphatic heterocycles. The highest BCUT2D eigenvalue weighted by Gasteiger charge is 2.61. The molecule has 3 amide bonds. The van der Waals surface area contributed by atoms with Crippen molar-refractivity contribution < 1.29 is 52.8 Å². The summed E-state index contributed by atoms with van der Waals surface area (Å²) in [5.41, 5.74) is 1.64. The number of ether oxygens (including phenoxy) is 5. The highest BCUT2D eigenvalue weighted by Crippen LogP contribution is 2.52. The van der Waals surface area contributed by atoms with Crippen molar-refractivity contribution in [3.8, 4) is 11.5 Å². The third-order valence-electron chi connectivity index (χ3n) is 9.84.